The van der Waals surface area contributed by atoms with Crippen molar-refractivity contribution >= 4 is 12.2 Å². The molecule has 1 aromatic carbocycles. The Balaban J connectivity index is 1.92. The smallest absolute Gasteiger partial charge is 0.497 e. The normalized spacial score (nSPS) is 19.7. The first-order valence-electron chi connectivity index (χ1n) is 12.7. The van der Waals surface area contributed by atoms with Gasteiger partial charge in [-0.05, 0) is 58.0 Å². The molecule has 3 atom stereocenters. The van der Waals surface area contributed by atoms with Crippen molar-refractivity contribution in [3.63, 3.8) is 0 Å². The molecule has 1 fully saturated rings. The van der Waals surface area contributed by atoms with Gasteiger partial charge in [-0.2, -0.15) is 0 Å². The summed E-state index contributed by atoms with van der Waals surface area (Å²) in [5.41, 5.74) is 0.340. The minimum Gasteiger partial charge on any atom is -0.497 e. The van der Waals surface area contributed by atoms with Crippen molar-refractivity contribution in [3.8, 4) is 5.75 Å². The van der Waals surface area contributed by atoms with E-state index in [1.807, 2.05) is 24.3 Å². The van der Waals surface area contributed by atoms with Gasteiger partial charge in [0, 0.05) is 19.6 Å². The van der Waals surface area contributed by atoms with E-state index in [1.54, 1.807) is 27.9 Å². The fraction of sp³-hybridized carbons (Fsp3) is 0.692. The Labute approximate surface area is 214 Å². The van der Waals surface area contributed by atoms with E-state index >= 15 is 0 Å². The van der Waals surface area contributed by atoms with Crippen molar-refractivity contribution in [1.29, 1.82) is 0 Å². The van der Waals surface area contributed by atoms with Crippen LogP contribution in [0.25, 0.3) is 0 Å². The van der Waals surface area contributed by atoms with E-state index in [9.17, 15) is 9.59 Å². The van der Waals surface area contributed by atoms with Crippen LogP contribution < -0.4 is 15.4 Å². The number of carbonyl (C=O) groups excluding carboxylic acids is 2. The van der Waals surface area contributed by atoms with Gasteiger partial charge in [0.05, 0.1) is 26.4 Å². The first-order valence-corrected chi connectivity index (χ1v) is 12.7. The Morgan fingerprint density at radius 3 is 2.39 bits per heavy atom. The molecule has 1 heterocycles. The number of hydrogen-bond donors (Lipinski definition) is 2. The molecular formula is C26H43N3O7. The summed E-state index contributed by atoms with van der Waals surface area (Å²) in [7, 11) is 1.62. The van der Waals surface area contributed by atoms with Crippen molar-refractivity contribution in [2.24, 2.45) is 0 Å². The Hall–Kier alpha value is -2.56. The predicted octanol–water partition coefficient (Wildman–Crippen LogP) is 2.98. The van der Waals surface area contributed by atoms with Gasteiger partial charge in [-0.3, -0.25) is 0 Å². The maximum Gasteiger partial charge on any atom is 0.509 e. The number of rotatable bonds is 13. The van der Waals surface area contributed by atoms with Crippen molar-refractivity contribution < 1.29 is 33.3 Å². The molecule has 204 valence electrons. The lowest BCUT2D eigenvalue weighted by molar-refractivity contribution is -0.0519. The average molecular weight is 510 g/mol. The van der Waals surface area contributed by atoms with E-state index in [1.165, 1.54) is 0 Å². The molecule has 0 unspecified atom stereocenters. The number of alkyl carbamates (subject to hydrolysis) is 1. The van der Waals surface area contributed by atoms with Gasteiger partial charge in [0.15, 0.2) is 12.2 Å². The molecule has 1 aromatic rings. The Morgan fingerprint density at radius 2 is 1.78 bits per heavy atom. The van der Waals surface area contributed by atoms with Gasteiger partial charge in [-0.15, -0.1) is 0 Å². The lowest BCUT2D eigenvalue weighted by Crippen LogP contribution is -2.43. The van der Waals surface area contributed by atoms with Crippen LogP contribution in [0, 0.1) is 0 Å². The van der Waals surface area contributed by atoms with Crippen molar-refractivity contribution in [2.45, 2.75) is 64.9 Å². The largest absolute Gasteiger partial charge is 0.509 e. The molecule has 2 N–H and O–H groups in total. The quantitative estimate of drug-likeness (QED) is 0.306. The number of nitrogens with one attached hydrogen (secondary N) is 2. The maximum atomic E-state index is 12.6. The Kier molecular flexibility index (Phi) is 12.3. The van der Waals surface area contributed by atoms with E-state index in [0.717, 1.165) is 30.9 Å². The molecule has 1 amide bonds. The molecule has 1 saturated heterocycles. The van der Waals surface area contributed by atoms with Crippen LogP contribution in [0.15, 0.2) is 24.3 Å². The van der Waals surface area contributed by atoms with E-state index in [4.69, 9.17) is 23.7 Å². The van der Waals surface area contributed by atoms with Gasteiger partial charge in [0.25, 0.3) is 0 Å². The molecule has 0 radical (unpaired) electrons. The minimum atomic E-state index is -0.796. The average Bonchev–Trinajstić information content (AvgIpc) is 3.18. The summed E-state index contributed by atoms with van der Waals surface area (Å²) < 4.78 is 27.4. The van der Waals surface area contributed by atoms with Crippen LogP contribution in [0.4, 0.5) is 9.59 Å². The zero-order chi connectivity index (χ0) is 26.6. The number of carbonyl (C=O) groups is 2. The van der Waals surface area contributed by atoms with E-state index < -0.39 is 30.1 Å². The number of benzene rings is 1. The lowest BCUT2D eigenvalue weighted by Gasteiger charge is -2.26. The molecule has 2 rings (SSSR count). The van der Waals surface area contributed by atoms with Crippen LogP contribution in [0.1, 0.15) is 40.2 Å². The Morgan fingerprint density at radius 1 is 1.08 bits per heavy atom. The SMILES string of the molecule is CCN(CC)CCOCCNC(=O)O[C@@H]1[C@@H](OC(=O)OC(C)(C)C)CN[C@@H]1Cc1ccc(OC)cc1. The third-order valence-corrected chi connectivity index (χ3v) is 5.80. The molecule has 10 heteroatoms. The molecule has 36 heavy (non-hydrogen) atoms. The zero-order valence-electron chi connectivity index (χ0n) is 22.5. The van der Waals surface area contributed by atoms with Crippen LogP contribution in [0.2, 0.25) is 0 Å². The third-order valence-electron chi connectivity index (χ3n) is 5.80. The second-order valence-corrected chi connectivity index (χ2v) is 9.62. The summed E-state index contributed by atoms with van der Waals surface area (Å²) in [6, 6.07) is 7.41. The molecule has 0 saturated carbocycles. The molecular weight excluding hydrogens is 466 g/mol. The highest BCUT2D eigenvalue weighted by Gasteiger charge is 2.42. The molecule has 0 spiro atoms. The van der Waals surface area contributed by atoms with Crippen molar-refractivity contribution in [2.75, 3.05) is 53.0 Å². The standard InChI is InChI=1S/C26H43N3O7/c1-7-29(8-2)14-16-33-15-13-27-24(30)35-23-21(17-19-9-11-20(32-6)12-10-19)28-18-22(23)34-25(31)36-26(3,4)5/h9-12,21-23,28H,7-8,13-18H2,1-6H3,(H,27,30)/t21-,22+,23+/m1/s1. The fourth-order valence-corrected chi connectivity index (χ4v) is 3.85. The first-order chi connectivity index (χ1) is 17.1. The van der Waals surface area contributed by atoms with Gasteiger partial charge < -0.3 is 39.2 Å². The monoisotopic (exact) mass is 509 g/mol. The number of likely N-dealkylation sites (N-methyl/N-ethyl adjacent to an activating group) is 1. The zero-order valence-corrected chi connectivity index (χ0v) is 22.5. The third kappa shape index (κ3) is 10.6. The summed E-state index contributed by atoms with van der Waals surface area (Å²) >= 11 is 0. The predicted molar refractivity (Wildman–Crippen MR) is 136 cm³/mol. The van der Waals surface area contributed by atoms with E-state index in [2.05, 4.69) is 29.4 Å². The summed E-state index contributed by atoms with van der Waals surface area (Å²) in [5, 5.41) is 6.04. The molecule has 0 bridgehead atoms. The van der Waals surface area contributed by atoms with Crippen molar-refractivity contribution in [3.05, 3.63) is 29.8 Å². The van der Waals surface area contributed by atoms with Crippen molar-refractivity contribution in [1.82, 2.24) is 15.5 Å². The van der Waals surface area contributed by atoms with Crippen LogP contribution in [0.3, 0.4) is 0 Å². The van der Waals surface area contributed by atoms with Gasteiger partial charge >= 0.3 is 12.2 Å². The van der Waals surface area contributed by atoms with Gasteiger partial charge in [-0.25, -0.2) is 9.59 Å². The van der Waals surface area contributed by atoms with E-state index in [0.29, 0.717) is 32.7 Å². The summed E-state index contributed by atoms with van der Waals surface area (Å²) in [5.74, 6) is 0.760. The molecule has 0 aromatic heterocycles. The van der Waals surface area contributed by atoms with Gasteiger partial charge in [0.1, 0.15) is 11.4 Å². The lowest BCUT2D eigenvalue weighted by atomic mass is 10.0. The number of hydrogen-bond acceptors (Lipinski definition) is 9. The fourth-order valence-electron chi connectivity index (χ4n) is 3.85. The number of methoxy groups -OCH3 is 1. The minimum absolute atomic E-state index is 0.248. The second kappa shape index (κ2) is 14.9. The van der Waals surface area contributed by atoms with E-state index in [-0.39, 0.29) is 6.04 Å². The topological polar surface area (TPSA) is 108 Å². The van der Waals surface area contributed by atoms with Crippen LogP contribution >= 0.6 is 0 Å². The second-order valence-electron chi connectivity index (χ2n) is 9.62. The molecule has 1 aliphatic heterocycles. The highest BCUT2D eigenvalue weighted by molar-refractivity contribution is 5.67. The number of amides is 1. The molecule has 0 aliphatic carbocycles. The van der Waals surface area contributed by atoms with Gasteiger partial charge in [0.2, 0.25) is 0 Å². The highest BCUT2D eigenvalue weighted by Crippen LogP contribution is 2.22. The highest BCUT2D eigenvalue weighted by atomic mass is 16.7. The van der Waals surface area contributed by atoms with Gasteiger partial charge in [-0.1, -0.05) is 26.0 Å². The summed E-state index contributed by atoms with van der Waals surface area (Å²) in [6.07, 6.45) is -2.18. The summed E-state index contributed by atoms with van der Waals surface area (Å²) in [6.45, 7) is 14.0. The van der Waals surface area contributed by atoms with Crippen LogP contribution in [0.5, 0.6) is 5.75 Å². The molecule has 1 aliphatic rings. The Bertz CT molecular complexity index is 794. The van der Waals surface area contributed by atoms with Crippen LogP contribution in [-0.2, 0) is 25.4 Å². The summed E-state index contributed by atoms with van der Waals surface area (Å²) in [4.78, 5) is 27.1. The number of ether oxygens (including phenoxy) is 5. The van der Waals surface area contributed by atoms with Crippen LogP contribution in [-0.4, -0.2) is 94.0 Å². The molecule has 10 nitrogen and oxygen atoms in total. The number of nitrogens with zero attached hydrogens (tertiary/aromatic N) is 1. The first kappa shape index (κ1) is 29.7. The maximum absolute atomic E-state index is 12.6.